The van der Waals surface area contributed by atoms with Crippen molar-refractivity contribution in [3.63, 3.8) is 0 Å². The van der Waals surface area contributed by atoms with Crippen molar-refractivity contribution in [3.8, 4) is 17.2 Å². The van der Waals surface area contributed by atoms with E-state index < -0.39 is 0 Å². The van der Waals surface area contributed by atoms with Crippen molar-refractivity contribution in [3.05, 3.63) is 42.5 Å². The molecule has 5 nitrogen and oxygen atoms in total. The van der Waals surface area contributed by atoms with E-state index >= 15 is 0 Å². The fourth-order valence-corrected chi connectivity index (χ4v) is 2.12. The van der Waals surface area contributed by atoms with Gasteiger partial charge in [0.1, 0.15) is 17.1 Å². The predicted molar refractivity (Wildman–Crippen MR) is 88.0 cm³/mol. The summed E-state index contributed by atoms with van der Waals surface area (Å²) in [6, 6.07) is 13.0. The molecule has 1 aromatic heterocycles. The lowest BCUT2D eigenvalue weighted by molar-refractivity contribution is 0.415. The molecule has 3 rings (SSSR count). The molecule has 0 unspecified atom stereocenters. The van der Waals surface area contributed by atoms with Gasteiger partial charge in [0, 0.05) is 5.56 Å². The van der Waals surface area contributed by atoms with Crippen LogP contribution >= 0.6 is 11.6 Å². The highest BCUT2D eigenvalue weighted by molar-refractivity contribution is 6.28. The first-order valence-electron chi connectivity index (χ1n) is 6.63. The van der Waals surface area contributed by atoms with Crippen molar-refractivity contribution in [2.45, 2.75) is 0 Å². The van der Waals surface area contributed by atoms with E-state index in [1.165, 1.54) is 0 Å². The van der Waals surface area contributed by atoms with Crippen molar-refractivity contribution in [1.82, 2.24) is 4.98 Å². The fraction of sp³-hybridized carbons (Fsp3) is 0.125. The zero-order valence-electron chi connectivity index (χ0n) is 11.9. The van der Waals surface area contributed by atoms with Crippen LogP contribution in [0.3, 0.4) is 0 Å². The Kier molecular flexibility index (Phi) is 3.98. The van der Waals surface area contributed by atoms with Crippen molar-refractivity contribution in [1.29, 1.82) is 0 Å². The zero-order valence-corrected chi connectivity index (χ0v) is 12.7. The summed E-state index contributed by atoms with van der Waals surface area (Å²) < 4.78 is 11.0. The number of halogens is 1. The molecule has 3 aromatic rings. The molecular formula is C16H14ClN3O2. The minimum Gasteiger partial charge on any atom is -0.497 e. The fourth-order valence-electron chi connectivity index (χ4n) is 2.06. The molecule has 2 aromatic carbocycles. The molecule has 0 aliphatic heterocycles. The van der Waals surface area contributed by atoms with E-state index in [9.17, 15) is 0 Å². The average Bonchev–Trinajstić information content (AvgIpc) is 2.98. The Morgan fingerprint density at radius 1 is 1.32 bits per heavy atom. The maximum absolute atomic E-state index is 5.77. The summed E-state index contributed by atoms with van der Waals surface area (Å²) in [5.74, 6) is 1.82. The average molecular weight is 316 g/mol. The maximum Gasteiger partial charge on any atom is 0.227 e. The highest BCUT2D eigenvalue weighted by Gasteiger charge is 2.09. The molecule has 0 fully saturated rings. The lowest BCUT2D eigenvalue weighted by Gasteiger charge is -2.00. The number of aromatic nitrogens is 1. The van der Waals surface area contributed by atoms with E-state index in [0.717, 1.165) is 11.3 Å². The van der Waals surface area contributed by atoms with Crippen LogP contribution in [0.1, 0.15) is 0 Å². The summed E-state index contributed by atoms with van der Waals surface area (Å²) in [6.07, 6.45) is 0. The van der Waals surface area contributed by atoms with Crippen LogP contribution in [0.5, 0.6) is 5.75 Å². The summed E-state index contributed by atoms with van der Waals surface area (Å²) >= 11 is 5.63. The Bertz CT molecular complexity index is 842. The number of fused-ring (bicyclic) bond motifs is 1. The van der Waals surface area contributed by atoms with Gasteiger partial charge in [0.05, 0.1) is 18.7 Å². The smallest absolute Gasteiger partial charge is 0.227 e. The molecule has 0 saturated heterocycles. The highest BCUT2D eigenvalue weighted by atomic mass is 35.5. The van der Waals surface area contributed by atoms with Crippen LogP contribution in [0.4, 0.5) is 5.69 Å². The normalized spacial score (nSPS) is 11.8. The van der Waals surface area contributed by atoms with Crippen LogP contribution in [0.2, 0.25) is 0 Å². The van der Waals surface area contributed by atoms with Crippen molar-refractivity contribution < 1.29 is 9.15 Å². The molecule has 112 valence electrons. The van der Waals surface area contributed by atoms with Gasteiger partial charge in [-0.3, -0.25) is 0 Å². The van der Waals surface area contributed by atoms with Crippen LogP contribution in [0, 0.1) is 0 Å². The van der Waals surface area contributed by atoms with Crippen molar-refractivity contribution in [2.24, 2.45) is 10.7 Å². The summed E-state index contributed by atoms with van der Waals surface area (Å²) in [5, 5.41) is 0. The van der Waals surface area contributed by atoms with Gasteiger partial charge in [-0.15, -0.1) is 11.6 Å². The van der Waals surface area contributed by atoms with Crippen LogP contribution in [-0.2, 0) is 0 Å². The minimum atomic E-state index is 0.186. The molecule has 6 heteroatoms. The van der Waals surface area contributed by atoms with Gasteiger partial charge < -0.3 is 14.9 Å². The second kappa shape index (κ2) is 6.07. The molecule has 0 aliphatic rings. The third-order valence-electron chi connectivity index (χ3n) is 3.10. The first-order chi connectivity index (χ1) is 10.7. The monoisotopic (exact) mass is 315 g/mol. The van der Waals surface area contributed by atoms with E-state index in [1.807, 2.05) is 42.5 Å². The molecule has 0 saturated carbocycles. The van der Waals surface area contributed by atoms with E-state index in [2.05, 4.69) is 9.98 Å². The number of benzene rings is 2. The van der Waals surface area contributed by atoms with Gasteiger partial charge >= 0.3 is 0 Å². The Balaban J connectivity index is 2.02. The predicted octanol–water partition coefficient (Wildman–Crippen LogP) is 3.73. The van der Waals surface area contributed by atoms with Crippen LogP contribution in [0.25, 0.3) is 22.6 Å². The molecule has 0 atom stereocenters. The Labute approximate surface area is 132 Å². The topological polar surface area (TPSA) is 73.6 Å². The number of rotatable bonds is 4. The van der Waals surface area contributed by atoms with Gasteiger partial charge in [0.15, 0.2) is 5.58 Å². The summed E-state index contributed by atoms with van der Waals surface area (Å²) in [6.45, 7) is 0. The van der Waals surface area contributed by atoms with E-state index in [-0.39, 0.29) is 5.88 Å². The van der Waals surface area contributed by atoms with Crippen molar-refractivity contribution in [2.75, 3.05) is 13.0 Å². The van der Waals surface area contributed by atoms with Crippen molar-refractivity contribution >= 4 is 34.2 Å². The van der Waals surface area contributed by atoms with Crippen LogP contribution < -0.4 is 10.5 Å². The van der Waals surface area contributed by atoms with Crippen LogP contribution in [-0.4, -0.2) is 23.8 Å². The number of methoxy groups -OCH3 is 1. The second-order valence-corrected chi connectivity index (χ2v) is 4.91. The number of hydrogen-bond acceptors (Lipinski definition) is 4. The maximum atomic E-state index is 5.77. The first kappa shape index (κ1) is 14.4. The third kappa shape index (κ3) is 2.89. The standard InChI is InChI=1S/C16H14ClN3O2/c1-21-12-4-2-3-10(7-12)16-20-13-8-11(19-15(18)9-17)5-6-14(13)22-16/h2-8H,9H2,1H3,(H2,18,19). The first-order valence-corrected chi connectivity index (χ1v) is 7.17. The minimum absolute atomic E-state index is 0.186. The zero-order chi connectivity index (χ0) is 15.5. The van der Waals surface area contributed by atoms with E-state index in [0.29, 0.717) is 28.5 Å². The molecule has 0 amide bonds. The number of amidine groups is 1. The molecule has 1 heterocycles. The Hall–Kier alpha value is -2.53. The summed E-state index contributed by atoms with van der Waals surface area (Å²) in [7, 11) is 1.62. The Morgan fingerprint density at radius 3 is 2.95 bits per heavy atom. The number of oxazole rings is 1. The van der Waals surface area contributed by atoms with Gasteiger partial charge in [0.2, 0.25) is 5.89 Å². The number of alkyl halides is 1. The Morgan fingerprint density at radius 2 is 2.18 bits per heavy atom. The number of aliphatic imine (C=N–C) groups is 1. The number of nitrogens with two attached hydrogens (primary N) is 1. The largest absolute Gasteiger partial charge is 0.497 e. The quantitative estimate of drug-likeness (QED) is 0.452. The molecule has 0 radical (unpaired) electrons. The molecule has 0 spiro atoms. The van der Waals surface area contributed by atoms with Crippen LogP contribution in [0.15, 0.2) is 51.9 Å². The summed E-state index contributed by atoms with van der Waals surface area (Å²) in [4.78, 5) is 8.68. The highest BCUT2D eigenvalue weighted by Crippen LogP contribution is 2.28. The van der Waals surface area contributed by atoms with Gasteiger partial charge in [-0.05, 0) is 36.4 Å². The number of ether oxygens (including phenoxy) is 1. The molecule has 0 bridgehead atoms. The summed E-state index contributed by atoms with van der Waals surface area (Å²) in [5.41, 5.74) is 8.57. The lowest BCUT2D eigenvalue weighted by Crippen LogP contribution is -2.12. The number of nitrogens with zero attached hydrogens (tertiary/aromatic N) is 2. The van der Waals surface area contributed by atoms with Gasteiger partial charge in [-0.1, -0.05) is 6.07 Å². The van der Waals surface area contributed by atoms with Gasteiger partial charge in [-0.25, -0.2) is 9.98 Å². The molecule has 0 aliphatic carbocycles. The second-order valence-electron chi connectivity index (χ2n) is 4.64. The van der Waals surface area contributed by atoms with Gasteiger partial charge in [0.25, 0.3) is 0 Å². The number of hydrogen-bond donors (Lipinski definition) is 1. The molecule has 22 heavy (non-hydrogen) atoms. The van der Waals surface area contributed by atoms with Gasteiger partial charge in [-0.2, -0.15) is 0 Å². The lowest BCUT2D eigenvalue weighted by atomic mass is 10.2. The molecule has 2 N–H and O–H groups in total. The third-order valence-corrected chi connectivity index (χ3v) is 3.37. The molecular weight excluding hydrogens is 302 g/mol. The van der Waals surface area contributed by atoms with E-state index in [4.69, 9.17) is 26.5 Å². The van der Waals surface area contributed by atoms with E-state index in [1.54, 1.807) is 7.11 Å². The SMILES string of the molecule is COc1cccc(-c2nc3cc(N=C(N)CCl)ccc3o2)c1.